The van der Waals surface area contributed by atoms with Crippen molar-refractivity contribution < 1.29 is 13.2 Å². The topological polar surface area (TPSA) is 55.4 Å². The molecule has 0 bridgehead atoms. The molecule has 98 valence electrons. The molecule has 0 aliphatic carbocycles. The molecule has 1 N–H and O–H groups in total. The number of sulfonamides is 1. The minimum absolute atomic E-state index is 0.0932. The third-order valence-electron chi connectivity index (χ3n) is 2.30. The lowest BCUT2D eigenvalue weighted by atomic mass is 9.90. The van der Waals surface area contributed by atoms with Crippen LogP contribution in [-0.4, -0.2) is 40.3 Å². The quantitative estimate of drug-likeness (QED) is 0.648. The first-order chi connectivity index (χ1) is 7.33. The van der Waals surface area contributed by atoms with Crippen LogP contribution in [0, 0.1) is 5.41 Å². The van der Waals surface area contributed by atoms with Crippen molar-refractivity contribution in [2.75, 3.05) is 31.9 Å². The number of methoxy groups -OCH3 is 1. The molecule has 16 heavy (non-hydrogen) atoms. The Bertz CT molecular complexity index is 278. The van der Waals surface area contributed by atoms with Crippen molar-refractivity contribution in [1.29, 1.82) is 0 Å². The van der Waals surface area contributed by atoms with E-state index in [-0.39, 0.29) is 11.2 Å². The van der Waals surface area contributed by atoms with Crippen LogP contribution in [0.1, 0.15) is 26.7 Å². The van der Waals surface area contributed by atoms with E-state index in [1.54, 1.807) is 7.11 Å². The standard InChI is InChI=1S/C10H22ClNO3S/c1-10(2,5-7-15-3)9-12-16(13,14)8-4-6-11/h12H,4-9H2,1-3H3. The highest BCUT2D eigenvalue weighted by atomic mass is 35.5. The first-order valence-corrected chi connectivity index (χ1v) is 7.54. The zero-order valence-electron chi connectivity index (χ0n) is 10.3. The van der Waals surface area contributed by atoms with Crippen LogP contribution in [0.3, 0.4) is 0 Å². The molecule has 0 aromatic heterocycles. The summed E-state index contributed by atoms with van der Waals surface area (Å²) in [5.74, 6) is 0.463. The Balaban J connectivity index is 4.02. The van der Waals surface area contributed by atoms with Gasteiger partial charge in [-0.15, -0.1) is 11.6 Å². The Morgan fingerprint density at radius 1 is 1.38 bits per heavy atom. The van der Waals surface area contributed by atoms with Gasteiger partial charge in [-0.3, -0.25) is 0 Å². The van der Waals surface area contributed by atoms with Crippen LogP contribution in [0.4, 0.5) is 0 Å². The molecule has 0 radical (unpaired) electrons. The summed E-state index contributed by atoms with van der Waals surface area (Å²) < 4.78 is 30.6. The highest BCUT2D eigenvalue weighted by Gasteiger charge is 2.20. The molecule has 0 unspecified atom stereocenters. The predicted octanol–water partition coefficient (Wildman–Crippen LogP) is 1.60. The second-order valence-electron chi connectivity index (χ2n) is 4.59. The summed E-state index contributed by atoms with van der Waals surface area (Å²) >= 11 is 5.46. The van der Waals surface area contributed by atoms with Gasteiger partial charge in [0, 0.05) is 26.1 Å². The lowest BCUT2D eigenvalue weighted by molar-refractivity contribution is 0.153. The van der Waals surface area contributed by atoms with Gasteiger partial charge in [0.2, 0.25) is 10.0 Å². The maximum Gasteiger partial charge on any atom is 0.211 e. The lowest BCUT2D eigenvalue weighted by Gasteiger charge is -2.24. The van der Waals surface area contributed by atoms with Crippen molar-refractivity contribution in [3.8, 4) is 0 Å². The Morgan fingerprint density at radius 3 is 2.50 bits per heavy atom. The van der Waals surface area contributed by atoms with Crippen LogP contribution in [0.25, 0.3) is 0 Å². The molecule has 0 aliphatic rings. The van der Waals surface area contributed by atoms with Crippen LogP contribution < -0.4 is 4.72 Å². The van der Waals surface area contributed by atoms with Crippen molar-refractivity contribution in [3.05, 3.63) is 0 Å². The van der Waals surface area contributed by atoms with E-state index in [1.165, 1.54) is 0 Å². The van der Waals surface area contributed by atoms with Crippen molar-refractivity contribution in [3.63, 3.8) is 0 Å². The summed E-state index contributed by atoms with van der Waals surface area (Å²) in [6, 6.07) is 0. The minimum atomic E-state index is -3.18. The van der Waals surface area contributed by atoms with Gasteiger partial charge in [-0.2, -0.15) is 0 Å². The largest absolute Gasteiger partial charge is 0.385 e. The van der Waals surface area contributed by atoms with Gasteiger partial charge >= 0.3 is 0 Å². The van der Waals surface area contributed by atoms with Crippen LogP contribution in [0.15, 0.2) is 0 Å². The Labute approximate surface area is 104 Å². The summed E-state index contributed by atoms with van der Waals surface area (Å²) in [5, 5.41) is 0. The van der Waals surface area contributed by atoms with Crippen LogP contribution >= 0.6 is 11.6 Å². The van der Waals surface area contributed by atoms with E-state index in [4.69, 9.17) is 16.3 Å². The summed E-state index contributed by atoms with van der Waals surface area (Å²) in [6.45, 7) is 5.09. The fourth-order valence-corrected chi connectivity index (χ4v) is 2.66. The first-order valence-electron chi connectivity index (χ1n) is 5.35. The highest BCUT2D eigenvalue weighted by molar-refractivity contribution is 7.89. The first kappa shape index (κ1) is 16.2. The van der Waals surface area contributed by atoms with Gasteiger partial charge < -0.3 is 4.74 Å². The molecule has 6 heteroatoms. The molecular weight excluding hydrogens is 250 g/mol. The zero-order chi connectivity index (χ0) is 12.7. The highest BCUT2D eigenvalue weighted by Crippen LogP contribution is 2.19. The van der Waals surface area contributed by atoms with Crippen LogP contribution in [0.5, 0.6) is 0 Å². The summed E-state index contributed by atoms with van der Waals surface area (Å²) in [4.78, 5) is 0. The number of alkyl halides is 1. The zero-order valence-corrected chi connectivity index (χ0v) is 11.8. The number of halogens is 1. The normalized spacial score (nSPS) is 13.0. The molecule has 0 aromatic carbocycles. The fourth-order valence-electron chi connectivity index (χ4n) is 1.09. The number of nitrogens with one attached hydrogen (secondary N) is 1. The number of rotatable bonds is 9. The third-order valence-corrected chi connectivity index (χ3v) is 3.98. The van der Waals surface area contributed by atoms with Crippen molar-refractivity contribution in [1.82, 2.24) is 4.72 Å². The van der Waals surface area contributed by atoms with E-state index in [2.05, 4.69) is 4.72 Å². The van der Waals surface area contributed by atoms with E-state index in [0.29, 0.717) is 25.5 Å². The third kappa shape index (κ3) is 8.33. The monoisotopic (exact) mass is 271 g/mol. The maximum absolute atomic E-state index is 11.5. The Morgan fingerprint density at radius 2 is 2.00 bits per heavy atom. The van der Waals surface area contributed by atoms with E-state index in [9.17, 15) is 8.42 Å². The van der Waals surface area contributed by atoms with E-state index < -0.39 is 10.0 Å². The minimum Gasteiger partial charge on any atom is -0.385 e. The Hall–Kier alpha value is 0.160. The molecule has 4 nitrogen and oxygen atoms in total. The van der Waals surface area contributed by atoms with Gasteiger partial charge in [0.05, 0.1) is 5.75 Å². The van der Waals surface area contributed by atoms with Gasteiger partial charge in [0.1, 0.15) is 0 Å². The molecule has 0 aromatic rings. The van der Waals surface area contributed by atoms with Crippen molar-refractivity contribution in [2.24, 2.45) is 5.41 Å². The van der Waals surface area contributed by atoms with E-state index in [0.717, 1.165) is 6.42 Å². The number of hydrogen-bond acceptors (Lipinski definition) is 3. The molecule has 0 heterocycles. The molecule has 0 saturated carbocycles. The molecule has 0 spiro atoms. The molecule has 0 fully saturated rings. The SMILES string of the molecule is COCCC(C)(C)CNS(=O)(=O)CCCCl. The molecule has 0 amide bonds. The molecule has 0 atom stereocenters. The molecular formula is C10H22ClNO3S. The van der Waals surface area contributed by atoms with Crippen LogP contribution in [-0.2, 0) is 14.8 Å². The smallest absolute Gasteiger partial charge is 0.211 e. The van der Waals surface area contributed by atoms with Gasteiger partial charge in [-0.1, -0.05) is 13.8 Å². The van der Waals surface area contributed by atoms with Crippen LogP contribution in [0.2, 0.25) is 0 Å². The van der Waals surface area contributed by atoms with Gasteiger partial charge in [0.25, 0.3) is 0 Å². The number of ether oxygens (including phenoxy) is 1. The van der Waals surface area contributed by atoms with Crippen molar-refractivity contribution >= 4 is 21.6 Å². The lowest BCUT2D eigenvalue weighted by Crippen LogP contribution is -2.36. The summed E-state index contributed by atoms with van der Waals surface area (Å²) in [6.07, 6.45) is 1.30. The summed E-state index contributed by atoms with van der Waals surface area (Å²) in [7, 11) is -1.54. The van der Waals surface area contributed by atoms with Crippen molar-refractivity contribution in [2.45, 2.75) is 26.7 Å². The second kappa shape index (κ2) is 7.48. The van der Waals surface area contributed by atoms with Gasteiger partial charge in [-0.25, -0.2) is 13.1 Å². The van der Waals surface area contributed by atoms with Gasteiger partial charge in [0.15, 0.2) is 0 Å². The average Bonchev–Trinajstić information content (AvgIpc) is 2.22. The number of hydrogen-bond donors (Lipinski definition) is 1. The molecule has 0 saturated heterocycles. The van der Waals surface area contributed by atoms with E-state index in [1.807, 2.05) is 13.8 Å². The molecule has 0 rings (SSSR count). The summed E-state index contributed by atoms with van der Waals surface area (Å²) in [5.41, 5.74) is -0.0932. The van der Waals surface area contributed by atoms with E-state index >= 15 is 0 Å². The fraction of sp³-hybridized carbons (Fsp3) is 1.00. The Kier molecular flexibility index (Phi) is 7.55. The van der Waals surface area contributed by atoms with Gasteiger partial charge in [-0.05, 0) is 18.3 Å². The second-order valence-corrected chi connectivity index (χ2v) is 6.89. The average molecular weight is 272 g/mol. The maximum atomic E-state index is 11.5. The predicted molar refractivity (Wildman–Crippen MR) is 67.4 cm³/mol. The molecule has 0 aliphatic heterocycles.